The summed E-state index contributed by atoms with van der Waals surface area (Å²) in [4.78, 5) is 0. The number of thioether (sulfide) groups is 1. The topological polar surface area (TPSA) is 18.5 Å². The van der Waals surface area contributed by atoms with E-state index >= 15 is 0 Å². The van der Waals surface area contributed by atoms with Crippen LogP contribution in [0, 0.1) is 5.92 Å². The van der Waals surface area contributed by atoms with Crippen LogP contribution < -0.4 is 0 Å². The number of alkyl halides is 1. The Morgan fingerprint density at radius 2 is 2.14 bits per heavy atom. The molecule has 2 unspecified atom stereocenters. The number of hydrogen-bond donors (Lipinski definition) is 0. The van der Waals surface area contributed by atoms with Crippen molar-refractivity contribution in [1.82, 2.24) is 0 Å². The molecule has 2 atom stereocenters. The summed E-state index contributed by atoms with van der Waals surface area (Å²) in [6.07, 6.45) is 2.33. The summed E-state index contributed by atoms with van der Waals surface area (Å²) in [6.45, 7) is 2.24. The number of methoxy groups -OCH3 is 1. The summed E-state index contributed by atoms with van der Waals surface area (Å²) >= 11 is 8.13. The molecule has 4 heteroatoms. The maximum absolute atomic E-state index is 6.16. The Hall–Kier alpha value is 0.560. The molecule has 1 rings (SSSR count). The number of hydrogen-bond acceptors (Lipinski definition) is 3. The lowest BCUT2D eigenvalue weighted by atomic mass is 10.0. The molecule has 0 aromatic rings. The van der Waals surface area contributed by atoms with Crippen LogP contribution in [0.1, 0.15) is 12.8 Å². The Labute approximate surface area is 95.7 Å². The third-order valence-corrected chi connectivity index (χ3v) is 4.37. The van der Waals surface area contributed by atoms with Gasteiger partial charge in [0.15, 0.2) is 0 Å². The van der Waals surface area contributed by atoms with Crippen molar-refractivity contribution in [3.63, 3.8) is 0 Å². The van der Waals surface area contributed by atoms with Gasteiger partial charge in [0, 0.05) is 24.8 Å². The maximum atomic E-state index is 6.16. The highest BCUT2D eigenvalue weighted by Gasteiger charge is 2.24. The monoisotopic (exact) mass is 238 g/mol. The van der Waals surface area contributed by atoms with E-state index in [9.17, 15) is 0 Å². The van der Waals surface area contributed by atoms with Gasteiger partial charge in [-0.1, -0.05) is 0 Å². The van der Waals surface area contributed by atoms with E-state index in [0.717, 1.165) is 18.8 Å². The summed E-state index contributed by atoms with van der Waals surface area (Å²) in [5.74, 6) is 3.05. The molecule has 1 heterocycles. The molecule has 0 aliphatic carbocycles. The van der Waals surface area contributed by atoms with Crippen molar-refractivity contribution in [3.8, 4) is 0 Å². The van der Waals surface area contributed by atoms with E-state index in [4.69, 9.17) is 21.1 Å². The fraction of sp³-hybridized carbons (Fsp3) is 1.00. The van der Waals surface area contributed by atoms with Crippen LogP contribution in [0.15, 0.2) is 0 Å². The van der Waals surface area contributed by atoms with Crippen LogP contribution in [-0.2, 0) is 9.47 Å². The summed E-state index contributed by atoms with van der Waals surface area (Å²) in [6, 6.07) is 0. The zero-order chi connectivity index (χ0) is 10.2. The lowest BCUT2D eigenvalue weighted by Crippen LogP contribution is -2.13. The second kappa shape index (κ2) is 7.80. The number of rotatable bonds is 7. The van der Waals surface area contributed by atoms with Crippen LogP contribution in [0.25, 0.3) is 0 Å². The van der Waals surface area contributed by atoms with E-state index in [1.54, 1.807) is 7.11 Å². The van der Waals surface area contributed by atoms with Crippen molar-refractivity contribution in [2.75, 3.05) is 38.4 Å². The molecule has 0 radical (unpaired) electrons. The Bertz CT molecular complexity index is 146. The molecule has 1 fully saturated rings. The van der Waals surface area contributed by atoms with Crippen LogP contribution in [-0.4, -0.2) is 43.8 Å². The third-order valence-electron chi connectivity index (χ3n) is 2.42. The Balaban J connectivity index is 1.88. The predicted octanol–water partition coefficient (Wildman–Crippen LogP) is 2.40. The number of ether oxygens (including phenoxy) is 2. The molecule has 0 aromatic carbocycles. The summed E-state index contributed by atoms with van der Waals surface area (Å²) in [5.41, 5.74) is 0. The first kappa shape index (κ1) is 12.6. The fourth-order valence-corrected chi connectivity index (χ4v) is 3.45. The van der Waals surface area contributed by atoms with Crippen molar-refractivity contribution in [1.29, 1.82) is 0 Å². The van der Waals surface area contributed by atoms with Gasteiger partial charge in [-0.05, 0) is 24.5 Å². The fourth-order valence-electron chi connectivity index (χ4n) is 1.53. The molecule has 0 N–H and O–H groups in total. The van der Waals surface area contributed by atoms with Gasteiger partial charge in [0.25, 0.3) is 0 Å². The maximum Gasteiger partial charge on any atom is 0.0700 e. The van der Waals surface area contributed by atoms with Gasteiger partial charge in [0.1, 0.15) is 0 Å². The Morgan fingerprint density at radius 3 is 2.79 bits per heavy atom. The van der Waals surface area contributed by atoms with E-state index in [1.165, 1.54) is 12.2 Å². The van der Waals surface area contributed by atoms with Gasteiger partial charge in [-0.15, -0.1) is 11.6 Å². The Morgan fingerprint density at radius 1 is 1.29 bits per heavy atom. The van der Waals surface area contributed by atoms with E-state index in [1.807, 2.05) is 11.8 Å². The molecule has 0 aromatic heterocycles. The lowest BCUT2D eigenvalue weighted by Gasteiger charge is -2.12. The quantitative estimate of drug-likeness (QED) is 0.501. The molecule has 0 spiro atoms. The molecule has 1 saturated heterocycles. The molecule has 1 aliphatic heterocycles. The van der Waals surface area contributed by atoms with Gasteiger partial charge < -0.3 is 9.47 Å². The molecule has 0 bridgehead atoms. The SMILES string of the molecule is COCCOCCCC1CSCC1Cl. The first-order valence-corrected chi connectivity index (χ1v) is 6.72. The Kier molecular flexibility index (Phi) is 7.04. The van der Waals surface area contributed by atoms with Gasteiger partial charge >= 0.3 is 0 Å². The van der Waals surface area contributed by atoms with E-state index in [0.29, 0.717) is 24.5 Å². The van der Waals surface area contributed by atoms with Gasteiger partial charge in [0.05, 0.1) is 13.2 Å². The zero-order valence-electron chi connectivity index (χ0n) is 8.71. The van der Waals surface area contributed by atoms with E-state index in [2.05, 4.69) is 0 Å². The summed E-state index contributed by atoms with van der Waals surface area (Å²) in [7, 11) is 1.69. The minimum Gasteiger partial charge on any atom is -0.382 e. The highest BCUT2D eigenvalue weighted by Crippen LogP contribution is 2.31. The molecule has 1 aliphatic rings. The largest absolute Gasteiger partial charge is 0.382 e. The highest BCUT2D eigenvalue weighted by atomic mass is 35.5. The van der Waals surface area contributed by atoms with Crippen LogP contribution in [0.3, 0.4) is 0 Å². The second-order valence-corrected chi connectivity index (χ2v) is 5.20. The molecule has 14 heavy (non-hydrogen) atoms. The highest BCUT2D eigenvalue weighted by molar-refractivity contribution is 7.99. The van der Waals surface area contributed by atoms with Crippen molar-refractivity contribution in [3.05, 3.63) is 0 Å². The molecule has 2 nitrogen and oxygen atoms in total. The summed E-state index contributed by atoms with van der Waals surface area (Å²) < 4.78 is 10.3. The average molecular weight is 239 g/mol. The van der Waals surface area contributed by atoms with Gasteiger partial charge in [-0.2, -0.15) is 11.8 Å². The third kappa shape index (κ3) is 4.87. The number of halogens is 1. The van der Waals surface area contributed by atoms with E-state index in [-0.39, 0.29) is 0 Å². The molecule has 0 saturated carbocycles. The first-order valence-electron chi connectivity index (χ1n) is 5.13. The predicted molar refractivity (Wildman–Crippen MR) is 62.4 cm³/mol. The molecule has 0 amide bonds. The molecule has 84 valence electrons. The van der Waals surface area contributed by atoms with Crippen molar-refractivity contribution < 1.29 is 9.47 Å². The molecular formula is C10H19ClO2S. The minimum absolute atomic E-state index is 0.388. The first-order chi connectivity index (χ1) is 6.84. The van der Waals surface area contributed by atoms with Gasteiger partial charge in [-0.25, -0.2) is 0 Å². The van der Waals surface area contributed by atoms with Gasteiger partial charge in [-0.3, -0.25) is 0 Å². The van der Waals surface area contributed by atoms with E-state index < -0.39 is 0 Å². The standard InChI is InChI=1S/C10H19ClO2S/c1-12-5-6-13-4-2-3-9-7-14-8-10(9)11/h9-10H,2-8H2,1H3. The van der Waals surface area contributed by atoms with Crippen LogP contribution in [0.2, 0.25) is 0 Å². The van der Waals surface area contributed by atoms with Crippen molar-refractivity contribution >= 4 is 23.4 Å². The lowest BCUT2D eigenvalue weighted by molar-refractivity contribution is 0.0676. The zero-order valence-corrected chi connectivity index (χ0v) is 10.3. The van der Waals surface area contributed by atoms with Crippen LogP contribution in [0.5, 0.6) is 0 Å². The minimum atomic E-state index is 0.388. The summed E-state index contributed by atoms with van der Waals surface area (Å²) in [5, 5.41) is 0.388. The van der Waals surface area contributed by atoms with Crippen LogP contribution >= 0.6 is 23.4 Å². The normalized spacial score (nSPS) is 27.0. The van der Waals surface area contributed by atoms with Crippen molar-refractivity contribution in [2.45, 2.75) is 18.2 Å². The van der Waals surface area contributed by atoms with Gasteiger partial charge in [0.2, 0.25) is 0 Å². The smallest absolute Gasteiger partial charge is 0.0700 e. The van der Waals surface area contributed by atoms with Crippen LogP contribution in [0.4, 0.5) is 0 Å². The van der Waals surface area contributed by atoms with Crippen molar-refractivity contribution in [2.24, 2.45) is 5.92 Å². The average Bonchev–Trinajstić information content (AvgIpc) is 2.58. The second-order valence-electron chi connectivity index (χ2n) is 3.56. The molecular weight excluding hydrogens is 220 g/mol.